The van der Waals surface area contributed by atoms with E-state index in [2.05, 4.69) is 4.98 Å². The van der Waals surface area contributed by atoms with Gasteiger partial charge in [0.15, 0.2) is 9.84 Å². The topological polar surface area (TPSA) is 67.3 Å². The van der Waals surface area contributed by atoms with Crippen LogP contribution < -0.4 is 0 Å². The number of sulfone groups is 1. The zero-order chi connectivity index (χ0) is 14.7. The second-order valence-electron chi connectivity index (χ2n) is 6.27. The highest BCUT2D eigenvalue weighted by molar-refractivity contribution is 7.93. The summed E-state index contributed by atoms with van der Waals surface area (Å²) < 4.78 is 24.4. The van der Waals surface area contributed by atoms with Gasteiger partial charge in [0, 0.05) is 17.1 Å². The van der Waals surface area contributed by atoms with E-state index in [0.29, 0.717) is 25.7 Å². The first kappa shape index (κ1) is 13.2. The number of aliphatic hydroxyl groups is 1. The molecule has 5 heteroatoms. The number of benzene rings is 1. The van der Waals surface area contributed by atoms with Crippen LogP contribution in [0.2, 0.25) is 0 Å². The lowest BCUT2D eigenvalue weighted by atomic mass is 9.86. The summed E-state index contributed by atoms with van der Waals surface area (Å²) in [5.74, 6) is 0. The highest BCUT2D eigenvalue weighted by Gasteiger charge is 2.53. The molecule has 0 amide bonds. The molecule has 1 N–H and O–H groups in total. The van der Waals surface area contributed by atoms with Gasteiger partial charge in [-0.25, -0.2) is 8.42 Å². The van der Waals surface area contributed by atoms with Gasteiger partial charge in [0.1, 0.15) is 0 Å². The number of fused-ring (bicyclic) bond motifs is 3. The molecule has 2 bridgehead atoms. The number of nitrogens with zero attached hydrogens (tertiary/aromatic N) is 1. The molecule has 1 aromatic heterocycles. The average molecular weight is 303 g/mol. The molecule has 0 aliphatic carbocycles. The van der Waals surface area contributed by atoms with Crippen LogP contribution >= 0.6 is 0 Å². The van der Waals surface area contributed by atoms with Crippen LogP contribution in [0.3, 0.4) is 0 Å². The number of para-hydroxylation sites is 1. The Morgan fingerprint density at radius 1 is 1.14 bits per heavy atom. The summed E-state index contributed by atoms with van der Waals surface area (Å²) in [4.78, 5) is 4.40. The van der Waals surface area contributed by atoms with Gasteiger partial charge in [0.2, 0.25) is 0 Å². The lowest BCUT2D eigenvalue weighted by molar-refractivity contribution is 0.0171. The molecule has 21 heavy (non-hydrogen) atoms. The van der Waals surface area contributed by atoms with Crippen LogP contribution in [0.1, 0.15) is 31.2 Å². The second-order valence-corrected chi connectivity index (χ2v) is 8.78. The maximum Gasteiger partial charge on any atom is 0.156 e. The van der Waals surface area contributed by atoms with E-state index >= 15 is 0 Å². The third-order valence-corrected chi connectivity index (χ3v) is 7.66. The maximum atomic E-state index is 12.2. The Morgan fingerprint density at radius 3 is 2.52 bits per heavy atom. The Bertz CT molecular complexity index is 795. The second kappa shape index (κ2) is 4.27. The van der Waals surface area contributed by atoms with Crippen molar-refractivity contribution in [1.82, 2.24) is 4.98 Å². The van der Waals surface area contributed by atoms with Crippen LogP contribution in [0.4, 0.5) is 0 Å². The Balaban J connectivity index is 1.78. The monoisotopic (exact) mass is 303 g/mol. The van der Waals surface area contributed by atoms with Gasteiger partial charge in [0.25, 0.3) is 0 Å². The summed E-state index contributed by atoms with van der Waals surface area (Å²) in [5, 5.41) is 11.2. The van der Waals surface area contributed by atoms with Crippen molar-refractivity contribution in [3.8, 4) is 0 Å². The maximum absolute atomic E-state index is 12.2. The van der Waals surface area contributed by atoms with E-state index in [1.807, 2.05) is 30.3 Å². The average Bonchev–Trinajstić information content (AvgIpc) is 2.66. The SMILES string of the molecule is O=S1(=O)C2CCC1CC(O)(c1cnc3ccccc3c1)C2. The number of aromatic nitrogens is 1. The van der Waals surface area contributed by atoms with Gasteiger partial charge in [-0.3, -0.25) is 4.98 Å². The van der Waals surface area contributed by atoms with Gasteiger partial charge < -0.3 is 5.11 Å². The third kappa shape index (κ3) is 1.91. The molecular weight excluding hydrogens is 286 g/mol. The van der Waals surface area contributed by atoms with Gasteiger partial charge in [-0.05, 0) is 37.8 Å². The summed E-state index contributed by atoms with van der Waals surface area (Å²) in [6.07, 6.45) is 3.64. The number of pyridine rings is 1. The summed E-state index contributed by atoms with van der Waals surface area (Å²) in [5.41, 5.74) is 0.568. The van der Waals surface area contributed by atoms with Crippen LogP contribution in [0.15, 0.2) is 36.5 Å². The van der Waals surface area contributed by atoms with Crippen molar-refractivity contribution in [2.45, 2.75) is 41.8 Å². The fraction of sp³-hybridized carbons (Fsp3) is 0.438. The summed E-state index contributed by atoms with van der Waals surface area (Å²) in [6, 6.07) is 9.70. The molecule has 2 aromatic rings. The molecule has 2 atom stereocenters. The normalized spacial score (nSPS) is 34.1. The predicted molar refractivity (Wildman–Crippen MR) is 80.6 cm³/mol. The standard InChI is InChI=1S/C16H17NO3S/c18-16(8-13-5-6-14(9-16)21(13,19)20)12-7-11-3-1-2-4-15(11)17-10-12/h1-4,7,10,13-14,18H,5-6,8-9H2. The molecule has 2 unspecified atom stereocenters. The van der Waals surface area contributed by atoms with Crippen molar-refractivity contribution < 1.29 is 13.5 Å². The van der Waals surface area contributed by atoms with Crippen molar-refractivity contribution in [3.05, 3.63) is 42.1 Å². The van der Waals surface area contributed by atoms with E-state index in [1.54, 1.807) is 6.20 Å². The van der Waals surface area contributed by atoms with E-state index in [-0.39, 0.29) is 0 Å². The first-order valence-corrected chi connectivity index (χ1v) is 8.90. The highest BCUT2D eigenvalue weighted by atomic mass is 32.2. The van der Waals surface area contributed by atoms with Crippen LogP contribution in [0, 0.1) is 0 Å². The van der Waals surface area contributed by atoms with Crippen LogP contribution in [-0.2, 0) is 15.4 Å². The van der Waals surface area contributed by atoms with Gasteiger partial charge in [-0.15, -0.1) is 0 Å². The fourth-order valence-electron chi connectivity index (χ4n) is 3.81. The van der Waals surface area contributed by atoms with Gasteiger partial charge in [0.05, 0.1) is 21.6 Å². The smallest absolute Gasteiger partial charge is 0.156 e. The van der Waals surface area contributed by atoms with Crippen LogP contribution in [-0.4, -0.2) is 29.0 Å². The molecule has 4 nitrogen and oxygen atoms in total. The van der Waals surface area contributed by atoms with Gasteiger partial charge >= 0.3 is 0 Å². The molecule has 0 radical (unpaired) electrons. The van der Waals surface area contributed by atoms with E-state index in [1.165, 1.54) is 0 Å². The minimum Gasteiger partial charge on any atom is -0.385 e. The molecule has 0 saturated carbocycles. The highest BCUT2D eigenvalue weighted by Crippen LogP contribution is 2.47. The van der Waals surface area contributed by atoms with E-state index in [4.69, 9.17) is 0 Å². The number of hydrogen-bond donors (Lipinski definition) is 1. The number of rotatable bonds is 1. The molecule has 2 fully saturated rings. The zero-order valence-corrected chi connectivity index (χ0v) is 12.4. The van der Waals surface area contributed by atoms with E-state index in [9.17, 15) is 13.5 Å². The fourth-order valence-corrected chi connectivity index (χ4v) is 6.30. The minimum atomic E-state index is -3.03. The predicted octanol–water partition coefficient (Wildman–Crippen LogP) is 2.16. The molecule has 110 valence electrons. The molecular formula is C16H17NO3S. The molecule has 0 spiro atoms. The molecule has 2 aliphatic rings. The summed E-state index contributed by atoms with van der Waals surface area (Å²) >= 11 is 0. The van der Waals surface area contributed by atoms with Gasteiger partial charge in [-0.2, -0.15) is 0 Å². The molecule has 2 saturated heterocycles. The Labute approximate surface area is 123 Å². The summed E-state index contributed by atoms with van der Waals surface area (Å²) in [7, 11) is -3.03. The Kier molecular flexibility index (Phi) is 2.69. The largest absolute Gasteiger partial charge is 0.385 e. The van der Waals surface area contributed by atoms with Crippen molar-refractivity contribution >= 4 is 20.7 Å². The lowest BCUT2D eigenvalue weighted by Crippen LogP contribution is -2.43. The van der Waals surface area contributed by atoms with Gasteiger partial charge in [-0.1, -0.05) is 18.2 Å². The van der Waals surface area contributed by atoms with E-state index < -0.39 is 25.9 Å². The van der Waals surface area contributed by atoms with Crippen molar-refractivity contribution in [1.29, 1.82) is 0 Å². The Morgan fingerprint density at radius 2 is 1.81 bits per heavy atom. The quantitative estimate of drug-likeness (QED) is 0.876. The third-order valence-electron chi connectivity index (χ3n) is 5.00. The number of hydrogen-bond acceptors (Lipinski definition) is 4. The van der Waals surface area contributed by atoms with Crippen molar-refractivity contribution in [2.24, 2.45) is 0 Å². The molecule has 1 aromatic carbocycles. The van der Waals surface area contributed by atoms with Crippen LogP contribution in [0.25, 0.3) is 10.9 Å². The van der Waals surface area contributed by atoms with Crippen molar-refractivity contribution in [3.63, 3.8) is 0 Å². The zero-order valence-electron chi connectivity index (χ0n) is 11.6. The lowest BCUT2D eigenvalue weighted by Gasteiger charge is -2.36. The van der Waals surface area contributed by atoms with Crippen LogP contribution in [0.5, 0.6) is 0 Å². The molecule has 4 rings (SSSR count). The summed E-state index contributed by atoms with van der Waals surface area (Å²) in [6.45, 7) is 0. The van der Waals surface area contributed by atoms with Crippen molar-refractivity contribution in [2.75, 3.05) is 0 Å². The minimum absolute atomic E-state index is 0.297. The first-order valence-electron chi connectivity index (χ1n) is 7.29. The molecule has 2 aliphatic heterocycles. The Hall–Kier alpha value is -1.46. The molecule has 3 heterocycles. The first-order chi connectivity index (χ1) is 9.99. The van der Waals surface area contributed by atoms with E-state index in [0.717, 1.165) is 16.5 Å².